The number of piperidine rings is 3. The minimum Gasteiger partial charge on any atom is -0.346 e. The third-order valence-corrected chi connectivity index (χ3v) is 6.00. The Morgan fingerprint density at radius 1 is 1.38 bits per heavy atom. The van der Waals surface area contributed by atoms with E-state index < -0.39 is 0 Å². The SMILES string of the molecule is C[C@H]1[C@H](NC(=O)c2nccc3ccsc23)C2CCN1CC2. The number of rotatable bonds is 2. The molecule has 0 aliphatic carbocycles. The number of amides is 1. The van der Waals surface area contributed by atoms with E-state index in [0.29, 0.717) is 17.7 Å². The molecule has 2 aromatic heterocycles. The zero-order valence-corrected chi connectivity index (χ0v) is 12.9. The first kappa shape index (κ1) is 13.2. The molecular weight excluding hydrogens is 282 g/mol. The van der Waals surface area contributed by atoms with E-state index >= 15 is 0 Å². The van der Waals surface area contributed by atoms with Gasteiger partial charge < -0.3 is 5.32 Å². The normalized spacial score (nSPS) is 31.5. The standard InChI is InChI=1S/C16H19N3OS/c1-10-13(11-3-7-19(10)8-4-11)18-16(20)14-15-12(2-6-17-14)5-9-21-15/h2,5-6,9-11,13H,3-4,7-8H2,1H3,(H,18,20)/t10-,13-/m0/s1. The molecule has 5 heterocycles. The number of nitrogens with zero attached hydrogens (tertiary/aromatic N) is 2. The Morgan fingerprint density at radius 3 is 2.95 bits per heavy atom. The summed E-state index contributed by atoms with van der Waals surface area (Å²) in [5.74, 6) is 0.602. The maximum absolute atomic E-state index is 12.7. The smallest absolute Gasteiger partial charge is 0.271 e. The molecule has 5 rings (SSSR count). The van der Waals surface area contributed by atoms with E-state index in [9.17, 15) is 4.79 Å². The summed E-state index contributed by atoms with van der Waals surface area (Å²) < 4.78 is 0.990. The van der Waals surface area contributed by atoms with Crippen molar-refractivity contribution in [3.63, 3.8) is 0 Å². The van der Waals surface area contributed by atoms with E-state index in [1.165, 1.54) is 25.9 Å². The number of nitrogens with one attached hydrogen (secondary N) is 1. The highest BCUT2D eigenvalue weighted by Crippen LogP contribution is 2.32. The molecule has 3 saturated heterocycles. The Balaban J connectivity index is 1.60. The van der Waals surface area contributed by atoms with Crippen molar-refractivity contribution in [1.82, 2.24) is 15.2 Å². The Morgan fingerprint density at radius 2 is 2.19 bits per heavy atom. The molecule has 0 spiro atoms. The van der Waals surface area contributed by atoms with Crippen LogP contribution in [-0.2, 0) is 0 Å². The molecule has 5 heteroatoms. The minimum atomic E-state index is -0.0198. The van der Waals surface area contributed by atoms with Crippen molar-refractivity contribution >= 4 is 27.3 Å². The lowest BCUT2D eigenvalue weighted by Gasteiger charge is -2.49. The first-order chi connectivity index (χ1) is 10.2. The Hall–Kier alpha value is -1.46. The van der Waals surface area contributed by atoms with Crippen LogP contribution in [0.5, 0.6) is 0 Å². The lowest BCUT2D eigenvalue weighted by atomic mass is 9.79. The lowest BCUT2D eigenvalue weighted by Crippen LogP contribution is -2.62. The zero-order chi connectivity index (χ0) is 14.4. The number of hydrogen-bond donors (Lipinski definition) is 1. The fourth-order valence-corrected chi connectivity index (χ4v) is 4.70. The van der Waals surface area contributed by atoms with Crippen LogP contribution in [-0.4, -0.2) is 41.0 Å². The molecule has 4 nitrogen and oxygen atoms in total. The van der Waals surface area contributed by atoms with E-state index in [-0.39, 0.29) is 11.9 Å². The minimum absolute atomic E-state index is 0.0198. The molecule has 1 N–H and O–H groups in total. The average Bonchev–Trinajstić information content (AvgIpc) is 2.99. The molecule has 3 aliphatic heterocycles. The monoisotopic (exact) mass is 301 g/mol. The van der Waals surface area contributed by atoms with Gasteiger partial charge in [-0.25, -0.2) is 4.98 Å². The van der Waals surface area contributed by atoms with Crippen LogP contribution in [0.25, 0.3) is 10.1 Å². The van der Waals surface area contributed by atoms with Crippen molar-refractivity contribution in [2.45, 2.75) is 31.8 Å². The van der Waals surface area contributed by atoms with E-state index in [2.05, 4.69) is 22.1 Å². The van der Waals surface area contributed by atoms with Gasteiger partial charge in [0.2, 0.25) is 0 Å². The van der Waals surface area contributed by atoms with Crippen LogP contribution in [0.4, 0.5) is 0 Å². The van der Waals surface area contributed by atoms with Crippen LogP contribution in [0.1, 0.15) is 30.3 Å². The fourth-order valence-electron chi connectivity index (χ4n) is 3.82. The van der Waals surface area contributed by atoms with Crippen molar-refractivity contribution < 1.29 is 4.79 Å². The highest BCUT2D eigenvalue weighted by molar-refractivity contribution is 7.17. The molecule has 3 fully saturated rings. The molecule has 110 valence electrons. The second-order valence-electron chi connectivity index (χ2n) is 6.11. The van der Waals surface area contributed by atoms with Gasteiger partial charge in [0, 0.05) is 18.3 Å². The second-order valence-corrected chi connectivity index (χ2v) is 7.03. The van der Waals surface area contributed by atoms with Crippen molar-refractivity contribution in [2.24, 2.45) is 5.92 Å². The van der Waals surface area contributed by atoms with Gasteiger partial charge in [-0.05, 0) is 61.7 Å². The van der Waals surface area contributed by atoms with Crippen molar-refractivity contribution in [3.8, 4) is 0 Å². The fraction of sp³-hybridized carbons (Fsp3) is 0.500. The molecule has 2 atom stereocenters. The van der Waals surface area contributed by atoms with E-state index in [1.54, 1.807) is 17.5 Å². The highest BCUT2D eigenvalue weighted by atomic mass is 32.1. The molecule has 0 saturated carbocycles. The molecule has 21 heavy (non-hydrogen) atoms. The van der Waals surface area contributed by atoms with Crippen LogP contribution < -0.4 is 5.32 Å². The molecular formula is C16H19N3OS. The summed E-state index contributed by atoms with van der Waals surface area (Å²) in [6.07, 6.45) is 4.13. The van der Waals surface area contributed by atoms with Crippen LogP contribution in [0.3, 0.4) is 0 Å². The molecule has 3 aliphatic rings. The Bertz CT molecular complexity index is 673. The van der Waals surface area contributed by atoms with Gasteiger partial charge in [-0.2, -0.15) is 0 Å². The number of carbonyl (C=O) groups is 1. The maximum Gasteiger partial charge on any atom is 0.271 e. The predicted molar refractivity (Wildman–Crippen MR) is 84.6 cm³/mol. The van der Waals surface area contributed by atoms with E-state index in [4.69, 9.17) is 0 Å². The first-order valence-corrected chi connectivity index (χ1v) is 8.49. The van der Waals surface area contributed by atoms with E-state index in [0.717, 1.165) is 10.1 Å². The van der Waals surface area contributed by atoms with Crippen molar-refractivity contribution in [1.29, 1.82) is 0 Å². The molecule has 0 unspecified atom stereocenters. The highest BCUT2D eigenvalue weighted by Gasteiger charge is 2.40. The summed E-state index contributed by atoms with van der Waals surface area (Å²) in [6, 6.07) is 4.69. The maximum atomic E-state index is 12.7. The van der Waals surface area contributed by atoms with Gasteiger partial charge in [0.1, 0.15) is 5.69 Å². The van der Waals surface area contributed by atoms with Gasteiger partial charge in [-0.3, -0.25) is 9.69 Å². The molecule has 2 aromatic rings. The topological polar surface area (TPSA) is 45.2 Å². The second kappa shape index (κ2) is 5.07. The molecule has 0 aromatic carbocycles. The number of aromatic nitrogens is 1. The largest absolute Gasteiger partial charge is 0.346 e. The van der Waals surface area contributed by atoms with Crippen LogP contribution >= 0.6 is 11.3 Å². The zero-order valence-electron chi connectivity index (χ0n) is 12.1. The average molecular weight is 301 g/mol. The summed E-state index contributed by atoms with van der Waals surface area (Å²) >= 11 is 1.59. The molecule has 2 bridgehead atoms. The van der Waals surface area contributed by atoms with Crippen LogP contribution in [0.2, 0.25) is 0 Å². The number of thiophene rings is 1. The summed E-state index contributed by atoms with van der Waals surface area (Å²) in [7, 11) is 0. The van der Waals surface area contributed by atoms with Crippen molar-refractivity contribution in [2.75, 3.05) is 13.1 Å². The van der Waals surface area contributed by atoms with Crippen molar-refractivity contribution in [3.05, 3.63) is 29.4 Å². The van der Waals surface area contributed by atoms with Gasteiger partial charge in [0.25, 0.3) is 5.91 Å². The number of carbonyl (C=O) groups excluding carboxylic acids is 1. The van der Waals surface area contributed by atoms with Gasteiger partial charge >= 0.3 is 0 Å². The lowest BCUT2D eigenvalue weighted by molar-refractivity contribution is 0.0216. The first-order valence-electron chi connectivity index (χ1n) is 7.61. The summed E-state index contributed by atoms with van der Waals surface area (Å²) in [6.45, 7) is 4.59. The number of hydrogen-bond acceptors (Lipinski definition) is 4. The van der Waals surface area contributed by atoms with Gasteiger partial charge in [0.05, 0.1) is 4.70 Å². The summed E-state index contributed by atoms with van der Waals surface area (Å²) in [5.41, 5.74) is 0.575. The Kier molecular flexibility index (Phi) is 3.19. The summed E-state index contributed by atoms with van der Waals surface area (Å²) in [5, 5.41) is 6.37. The number of pyridine rings is 1. The predicted octanol–water partition coefficient (Wildman–Crippen LogP) is 2.51. The van der Waals surface area contributed by atoms with Gasteiger partial charge in [-0.15, -0.1) is 11.3 Å². The number of fused-ring (bicyclic) bond motifs is 4. The third kappa shape index (κ3) is 2.15. The van der Waals surface area contributed by atoms with Crippen LogP contribution in [0.15, 0.2) is 23.7 Å². The van der Waals surface area contributed by atoms with E-state index in [1.807, 2.05) is 17.5 Å². The summed E-state index contributed by atoms with van der Waals surface area (Å²) in [4.78, 5) is 19.5. The quantitative estimate of drug-likeness (QED) is 0.927. The van der Waals surface area contributed by atoms with Gasteiger partial charge in [-0.1, -0.05) is 0 Å². The Labute approximate surface area is 128 Å². The molecule has 0 radical (unpaired) electrons. The third-order valence-electron chi connectivity index (χ3n) is 5.06. The van der Waals surface area contributed by atoms with Crippen LogP contribution in [0, 0.1) is 5.92 Å². The molecule has 1 amide bonds. The van der Waals surface area contributed by atoms with Gasteiger partial charge in [0.15, 0.2) is 0 Å².